The van der Waals surface area contributed by atoms with Gasteiger partial charge in [0.05, 0.1) is 12.2 Å². The van der Waals surface area contributed by atoms with Gasteiger partial charge in [0.2, 0.25) is 0 Å². The summed E-state index contributed by atoms with van der Waals surface area (Å²) in [5, 5.41) is 0. The van der Waals surface area contributed by atoms with Crippen LogP contribution in [0.4, 0.5) is 39.5 Å². The molecule has 1 atom stereocenters. The summed E-state index contributed by atoms with van der Waals surface area (Å²) < 4.78 is 131. The first-order chi connectivity index (χ1) is 18.9. The van der Waals surface area contributed by atoms with Crippen molar-refractivity contribution in [3.05, 3.63) is 82.9 Å². The number of allylic oxidation sites excluding steroid dienone is 4. The molecule has 1 unspecified atom stereocenters. The van der Waals surface area contributed by atoms with E-state index in [9.17, 15) is 39.5 Å². The van der Waals surface area contributed by atoms with Crippen molar-refractivity contribution in [2.24, 2.45) is 5.92 Å². The zero-order valence-electron chi connectivity index (χ0n) is 21.2. The average Bonchev–Trinajstić information content (AvgIpc) is 2.90. The lowest BCUT2D eigenvalue weighted by molar-refractivity contribution is -0.285. The topological polar surface area (TPSA) is 18.5 Å². The van der Waals surface area contributed by atoms with Gasteiger partial charge < -0.3 is 9.47 Å². The van der Waals surface area contributed by atoms with Crippen molar-refractivity contribution in [1.29, 1.82) is 0 Å². The third-order valence-electron chi connectivity index (χ3n) is 7.28. The molecule has 1 fully saturated rings. The Morgan fingerprint density at radius 3 is 2.12 bits per heavy atom. The van der Waals surface area contributed by atoms with Gasteiger partial charge in [-0.2, -0.15) is 26.3 Å². The summed E-state index contributed by atoms with van der Waals surface area (Å²) in [6, 6.07) is 8.46. The predicted octanol–water partition coefficient (Wildman–Crippen LogP) is 9.47. The second-order valence-electron chi connectivity index (χ2n) is 9.97. The molecule has 2 aromatic rings. The lowest BCUT2D eigenvalue weighted by Gasteiger charge is -2.28. The molecule has 0 amide bonds. The first-order valence-corrected chi connectivity index (χ1v) is 12.8. The highest BCUT2D eigenvalue weighted by Crippen LogP contribution is 2.40. The van der Waals surface area contributed by atoms with Crippen LogP contribution in [0.15, 0.2) is 60.4 Å². The van der Waals surface area contributed by atoms with E-state index in [0.29, 0.717) is 17.5 Å². The third kappa shape index (κ3) is 6.96. The molecule has 0 N–H and O–H groups in total. The van der Waals surface area contributed by atoms with Crippen molar-refractivity contribution in [3.63, 3.8) is 0 Å². The van der Waals surface area contributed by atoms with E-state index in [1.165, 1.54) is 24.3 Å². The Morgan fingerprint density at radius 1 is 0.875 bits per heavy atom. The minimum absolute atomic E-state index is 0.0118. The Hall–Kier alpha value is -3.11. The van der Waals surface area contributed by atoms with E-state index in [1.807, 2.05) is 0 Å². The number of rotatable bonds is 10. The number of hydrogen-bond donors (Lipinski definition) is 0. The maximum absolute atomic E-state index is 14.9. The van der Waals surface area contributed by atoms with Gasteiger partial charge in [0.15, 0.2) is 6.17 Å². The van der Waals surface area contributed by atoms with Crippen LogP contribution in [-0.4, -0.2) is 25.4 Å². The Balaban J connectivity index is 1.41. The molecule has 218 valence electrons. The van der Waals surface area contributed by atoms with Crippen molar-refractivity contribution in [1.82, 2.24) is 0 Å². The molecule has 2 nitrogen and oxygen atoms in total. The van der Waals surface area contributed by atoms with Crippen molar-refractivity contribution in [2.75, 3.05) is 6.67 Å². The minimum Gasteiger partial charge on any atom is -0.430 e. The van der Waals surface area contributed by atoms with E-state index in [4.69, 9.17) is 4.74 Å². The number of ether oxygens (including phenoxy) is 2. The molecule has 2 aliphatic rings. The Labute approximate surface area is 225 Å². The third-order valence-corrected chi connectivity index (χ3v) is 7.28. The summed E-state index contributed by atoms with van der Waals surface area (Å²) in [5.74, 6) is -2.08. The summed E-state index contributed by atoms with van der Waals surface area (Å²) in [6.07, 6.45) is -10.0. The lowest BCUT2D eigenvalue weighted by atomic mass is 9.77. The van der Waals surface area contributed by atoms with E-state index in [0.717, 1.165) is 56.0 Å². The first kappa shape index (κ1) is 29.9. The van der Waals surface area contributed by atoms with Gasteiger partial charge in [0.1, 0.15) is 17.3 Å². The van der Waals surface area contributed by atoms with E-state index >= 15 is 0 Å². The fourth-order valence-electron chi connectivity index (χ4n) is 5.06. The quantitative estimate of drug-likeness (QED) is 0.262. The zero-order valence-corrected chi connectivity index (χ0v) is 21.2. The average molecular weight is 579 g/mol. The summed E-state index contributed by atoms with van der Waals surface area (Å²) >= 11 is 0. The monoisotopic (exact) mass is 578 g/mol. The Bertz CT molecular complexity index is 1220. The van der Waals surface area contributed by atoms with Crippen LogP contribution in [-0.2, 0) is 10.8 Å². The van der Waals surface area contributed by atoms with Crippen LogP contribution < -0.4 is 4.74 Å². The molecule has 0 spiro atoms. The first-order valence-electron chi connectivity index (χ1n) is 12.8. The molecule has 0 aromatic heterocycles. The van der Waals surface area contributed by atoms with Gasteiger partial charge in [-0.1, -0.05) is 24.3 Å². The maximum atomic E-state index is 14.9. The molecule has 0 heterocycles. The van der Waals surface area contributed by atoms with E-state index in [-0.39, 0.29) is 29.8 Å². The predicted molar refractivity (Wildman–Crippen MR) is 130 cm³/mol. The van der Waals surface area contributed by atoms with Crippen LogP contribution in [0.25, 0.3) is 5.57 Å². The molecule has 2 aliphatic carbocycles. The van der Waals surface area contributed by atoms with Crippen LogP contribution in [0, 0.1) is 11.7 Å². The molecular weight excluding hydrogens is 551 g/mol. The Kier molecular flexibility index (Phi) is 9.09. The number of alkyl halides is 8. The smallest absolute Gasteiger partial charge is 0.430 e. The normalized spacial score (nSPS) is 22.1. The second-order valence-corrected chi connectivity index (χ2v) is 9.97. The van der Waals surface area contributed by atoms with E-state index < -0.39 is 48.4 Å². The van der Waals surface area contributed by atoms with Gasteiger partial charge in [-0.25, -0.2) is 8.78 Å². The van der Waals surface area contributed by atoms with Crippen molar-refractivity contribution in [3.8, 4) is 5.75 Å². The molecule has 2 aromatic carbocycles. The van der Waals surface area contributed by atoms with Crippen LogP contribution in [0.3, 0.4) is 0 Å². The van der Waals surface area contributed by atoms with Crippen LogP contribution in [0.1, 0.15) is 61.1 Å². The zero-order chi connectivity index (χ0) is 29.1. The van der Waals surface area contributed by atoms with Gasteiger partial charge in [0, 0.05) is 6.42 Å². The van der Waals surface area contributed by atoms with Gasteiger partial charge in [0.25, 0.3) is 0 Å². The highest BCUT2D eigenvalue weighted by Gasteiger charge is 2.46. The fourth-order valence-corrected chi connectivity index (χ4v) is 5.06. The van der Waals surface area contributed by atoms with Gasteiger partial charge in [-0.05, 0) is 91.0 Å². The lowest BCUT2D eigenvalue weighted by Crippen LogP contribution is -2.32. The molecule has 11 heteroatoms. The van der Waals surface area contributed by atoms with Crippen molar-refractivity contribution in [2.45, 2.75) is 69.3 Å². The van der Waals surface area contributed by atoms with E-state index in [2.05, 4.69) is 4.74 Å². The van der Waals surface area contributed by atoms with Crippen molar-refractivity contribution < 1.29 is 49.0 Å². The largest absolute Gasteiger partial charge is 0.461 e. The second kappa shape index (κ2) is 12.2. The molecule has 40 heavy (non-hydrogen) atoms. The number of hydrogen-bond acceptors (Lipinski definition) is 2. The maximum Gasteiger partial charge on any atom is 0.461 e. The molecule has 0 radical (unpaired) electrons. The highest BCUT2D eigenvalue weighted by atomic mass is 19.3. The molecule has 0 bridgehead atoms. The van der Waals surface area contributed by atoms with E-state index in [1.54, 1.807) is 0 Å². The SMILES string of the molecule is FCCC1CCC(c2ccc(C(F)(F)Oc3ccc(C4=CC=C(OC(F)(F)C(F)F)C(F)C4)cc3)c(F)c2)CC1. The van der Waals surface area contributed by atoms with Gasteiger partial charge >= 0.3 is 18.6 Å². The highest BCUT2D eigenvalue weighted by molar-refractivity contribution is 5.69. The van der Waals surface area contributed by atoms with Crippen LogP contribution in [0.2, 0.25) is 0 Å². The van der Waals surface area contributed by atoms with Crippen LogP contribution in [0.5, 0.6) is 5.75 Å². The molecule has 4 rings (SSSR count). The van der Waals surface area contributed by atoms with Crippen LogP contribution >= 0.6 is 0 Å². The Morgan fingerprint density at radius 2 is 1.55 bits per heavy atom. The fraction of sp³-hybridized carbons (Fsp3) is 0.448. The molecular formula is C29H27F9O2. The summed E-state index contributed by atoms with van der Waals surface area (Å²) in [7, 11) is 0. The van der Waals surface area contributed by atoms with Gasteiger partial charge in [-0.15, -0.1) is 0 Å². The summed E-state index contributed by atoms with van der Waals surface area (Å²) in [5.41, 5.74) is 0.275. The minimum atomic E-state index is -4.85. The molecule has 1 saturated carbocycles. The molecule has 0 aliphatic heterocycles. The number of halogens is 9. The summed E-state index contributed by atoms with van der Waals surface area (Å²) in [4.78, 5) is 0. The molecule has 0 saturated heterocycles. The van der Waals surface area contributed by atoms with Crippen molar-refractivity contribution >= 4 is 5.57 Å². The summed E-state index contributed by atoms with van der Waals surface area (Å²) in [6.45, 7) is -0.380. The number of benzene rings is 2. The standard InChI is InChI=1S/C29H27F9O2/c30-14-13-17-1-3-18(4-2-17)20-7-11-23(24(31)15-20)28(35,36)39-22-9-5-19(6-10-22)21-8-12-26(25(32)16-21)40-29(37,38)27(33)34/h5-12,15,17-18,25,27H,1-4,13-14,16H2. The van der Waals surface area contributed by atoms with Gasteiger partial charge in [-0.3, -0.25) is 4.39 Å².